The first kappa shape index (κ1) is 14.2. The molecule has 0 fully saturated rings. The molecule has 0 aliphatic rings. The van der Waals surface area contributed by atoms with Crippen LogP contribution in [0.25, 0.3) is 0 Å². The molecule has 1 atom stereocenters. The number of halogens is 1. The lowest BCUT2D eigenvalue weighted by Gasteiger charge is -2.13. The van der Waals surface area contributed by atoms with Gasteiger partial charge >= 0.3 is 0 Å². The van der Waals surface area contributed by atoms with E-state index in [0.29, 0.717) is 6.04 Å². The Morgan fingerprint density at radius 1 is 1.16 bits per heavy atom. The van der Waals surface area contributed by atoms with Crippen molar-refractivity contribution in [2.45, 2.75) is 32.9 Å². The smallest absolute Gasteiger partial charge is 0.0541 e. The molecule has 1 unspecified atom stereocenters. The molecule has 1 N–H and O–H groups in total. The highest BCUT2D eigenvalue weighted by atomic mass is 79.9. The van der Waals surface area contributed by atoms with Crippen molar-refractivity contribution in [2.24, 2.45) is 0 Å². The Kier molecular flexibility index (Phi) is 5.11. The van der Waals surface area contributed by atoms with E-state index < -0.39 is 0 Å². The Morgan fingerprint density at radius 3 is 2.53 bits per heavy atom. The second kappa shape index (κ2) is 6.83. The molecule has 0 amide bonds. The minimum atomic E-state index is 0.435. The molecule has 0 saturated heterocycles. The molecular weight excluding hydrogens is 300 g/mol. The number of nitrogens with zero attached hydrogens (tertiary/aromatic N) is 1. The molecule has 1 heterocycles. The highest BCUT2D eigenvalue weighted by molar-refractivity contribution is 9.10. The average molecular weight is 319 g/mol. The van der Waals surface area contributed by atoms with Crippen LogP contribution in [0.1, 0.15) is 23.7 Å². The van der Waals surface area contributed by atoms with Gasteiger partial charge in [0.2, 0.25) is 0 Å². The van der Waals surface area contributed by atoms with E-state index in [0.717, 1.165) is 23.1 Å². The summed E-state index contributed by atoms with van der Waals surface area (Å²) in [7, 11) is 0. The highest BCUT2D eigenvalue weighted by Gasteiger charge is 2.03. The third-order valence-electron chi connectivity index (χ3n) is 3.06. The average Bonchev–Trinajstić information content (AvgIpc) is 2.41. The fraction of sp³-hybridized carbons (Fsp3) is 0.312. The molecule has 0 saturated carbocycles. The van der Waals surface area contributed by atoms with Crippen molar-refractivity contribution in [3.63, 3.8) is 0 Å². The lowest BCUT2D eigenvalue weighted by atomic mass is 10.1. The van der Waals surface area contributed by atoms with Gasteiger partial charge in [0.05, 0.1) is 5.69 Å². The van der Waals surface area contributed by atoms with Crippen LogP contribution in [0.15, 0.2) is 47.1 Å². The van der Waals surface area contributed by atoms with Gasteiger partial charge in [0, 0.05) is 23.3 Å². The van der Waals surface area contributed by atoms with Crippen molar-refractivity contribution in [3.8, 4) is 0 Å². The zero-order chi connectivity index (χ0) is 13.7. The van der Waals surface area contributed by atoms with Gasteiger partial charge < -0.3 is 5.32 Å². The number of hydrogen-bond acceptors (Lipinski definition) is 2. The SMILES string of the molecule is Cc1ccc(CNC(C)Cc2ccc(Br)cc2)nc1. The summed E-state index contributed by atoms with van der Waals surface area (Å²) in [6, 6.07) is 13.1. The number of rotatable bonds is 5. The minimum absolute atomic E-state index is 0.435. The summed E-state index contributed by atoms with van der Waals surface area (Å²) in [4.78, 5) is 4.40. The molecule has 1 aromatic carbocycles. The molecule has 100 valence electrons. The maximum Gasteiger partial charge on any atom is 0.0541 e. The van der Waals surface area contributed by atoms with Gasteiger partial charge in [-0.25, -0.2) is 0 Å². The maximum absolute atomic E-state index is 4.40. The molecule has 3 heteroatoms. The van der Waals surface area contributed by atoms with E-state index in [1.807, 2.05) is 6.20 Å². The van der Waals surface area contributed by atoms with Crippen LogP contribution < -0.4 is 5.32 Å². The molecular formula is C16H19BrN2. The van der Waals surface area contributed by atoms with Crippen LogP contribution in [0.4, 0.5) is 0 Å². The second-order valence-corrected chi connectivity index (χ2v) is 5.86. The summed E-state index contributed by atoms with van der Waals surface area (Å²) in [6.07, 6.45) is 2.94. The van der Waals surface area contributed by atoms with E-state index in [1.54, 1.807) is 0 Å². The molecule has 0 radical (unpaired) electrons. The molecule has 2 aromatic rings. The van der Waals surface area contributed by atoms with E-state index >= 15 is 0 Å². The molecule has 0 bridgehead atoms. The van der Waals surface area contributed by atoms with Gasteiger partial charge in [0.1, 0.15) is 0 Å². The predicted octanol–water partition coefficient (Wildman–Crippen LogP) is 3.87. The Morgan fingerprint density at radius 2 is 1.89 bits per heavy atom. The van der Waals surface area contributed by atoms with Crippen LogP contribution in [0.5, 0.6) is 0 Å². The van der Waals surface area contributed by atoms with Crippen molar-refractivity contribution >= 4 is 15.9 Å². The normalized spacial score (nSPS) is 12.4. The molecule has 0 spiro atoms. The first-order valence-corrected chi connectivity index (χ1v) is 7.32. The van der Waals surface area contributed by atoms with Crippen molar-refractivity contribution in [1.29, 1.82) is 0 Å². The molecule has 2 nitrogen and oxygen atoms in total. The van der Waals surface area contributed by atoms with Gasteiger partial charge in [0.15, 0.2) is 0 Å². The summed E-state index contributed by atoms with van der Waals surface area (Å²) in [5.41, 5.74) is 3.64. The number of pyridine rings is 1. The highest BCUT2D eigenvalue weighted by Crippen LogP contribution is 2.12. The molecule has 1 aromatic heterocycles. The van der Waals surface area contributed by atoms with Crippen LogP contribution in [-0.4, -0.2) is 11.0 Å². The lowest BCUT2D eigenvalue weighted by molar-refractivity contribution is 0.540. The first-order valence-electron chi connectivity index (χ1n) is 6.53. The van der Waals surface area contributed by atoms with Gasteiger partial charge in [-0.1, -0.05) is 34.1 Å². The summed E-state index contributed by atoms with van der Waals surface area (Å²) in [5.74, 6) is 0. The fourth-order valence-electron chi connectivity index (χ4n) is 1.93. The van der Waals surface area contributed by atoms with E-state index in [1.165, 1.54) is 11.1 Å². The van der Waals surface area contributed by atoms with E-state index in [4.69, 9.17) is 0 Å². The molecule has 2 rings (SSSR count). The Labute approximate surface area is 123 Å². The Bertz CT molecular complexity index is 505. The van der Waals surface area contributed by atoms with E-state index in [2.05, 4.69) is 76.5 Å². The molecule has 0 aliphatic carbocycles. The zero-order valence-corrected chi connectivity index (χ0v) is 12.9. The van der Waals surface area contributed by atoms with Gasteiger partial charge in [0.25, 0.3) is 0 Å². The Balaban J connectivity index is 1.82. The topological polar surface area (TPSA) is 24.9 Å². The van der Waals surface area contributed by atoms with Crippen LogP contribution in [0.3, 0.4) is 0 Å². The fourth-order valence-corrected chi connectivity index (χ4v) is 2.19. The molecule has 19 heavy (non-hydrogen) atoms. The minimum Gasteiger partial charge on any atom is -0.308 e. The van der Waals surface area contributed by atoms with Gasteiger partial charge in [-0.05, 0) is 49.6 Å². The van der Waals surface area contributed by atoms with Crippen LogP contribution >= 0.6 is 15.9 Å². The first-order chi connectivity index (χ1) is 9.13. The number of benzene rings is 1. The predicted molar refractivity (Wildman–Crippen MR) is 83.1 cm³/mol. The number of aromatic nitrogens is 1. The summed E-state index contributed by atoms with van der Waals surface area (Å²) >= 11 is 3.45. The van der Waals surface area contributed by atoms with E-state index in [-0.39, 0.29) is 0 Å². The van der Waals surface area contributed by atoms with Gasteiger partial charge in [-0.2, -0.15) is 0 Å². The van der Waals surface area contributed by atoms with Crippen LogP contribution in [0.2, 0.25) is 0 Å². The van der Waals surface area contributed by atoms with Gasteiger partial charge in [-0.15, -0.1) is 0 Å². The summed E-state index contributed by atoms with van der Waals surface area (Å²) in [6.45, 7) is 5.08. The number of aryl methyl sites for hydroxylation is 1. The third kappa shape index (κ3) is 4.77. The molecule has 0 aliphatic heterocycles. The van der Waals surface area contributed by atoms with E-state index in [9.17, 15) is 0 Å². The zero-order valence-electron chi connectivity index (χ0n) is 11.4. The quantitative estimate of drug-likeness (QED) is 0.905. The van der Waals surface area contributed by atoms with Crippen LogP contribution in [-0.2, 0) is 13.0 Å². The van der Waals surface area contributed by atoms with Gasteiger partial charge in [-0.3, -0.25) is 4.98 Å². The van der Waals surface area contributed by atoms with Crippen LogP contribution in [0, 0.1) is 6.92 Å². The Hall–Kier alpha value is -1.19. The maximum atomic E-state index is 4.40. The second-order valence-electron chi connectivity index (χ2n) is 4.94. The third-order valence-corrected chi connectivity index (χ3v) is 3.59. The van der Waals surface area contributed by atoms with Crippen molar-refractivity contribution < 1.29 is 0 Å². The number of hydrogen-bond donors (Lipinski definition) is 1. The van der Waals surface area contributed by atoms with Crippen molar-refractivity contribution in [2.75, 3.05) is 0 Å². The van der Waals surface area contributed by atoms with Crippen molar-refractivity contribution in [1.82, 2.24) is 10.3 Å². The summed E-state index contributed by atoms with van der Waals surface area (Å²) < 4.78 is 1.13. The largest absolute Gasteiger partial charge is 0.308 e. The standard InChI is InChI=1S/C16H19BrN2/c1-12-3-8-16(19-10-12)11-18-13(2)9-14-4-6-15(17)7-5-14/h3-8,10,13,18H,9,11H2,1-2H3. The van der Waals surface area contributed by atoms with Crippen molar-refractivity contribution in [3.05, 3.63) is 63.9 Å². The summed E-state index contributed by atoms with van der Waals surface area (Å²) in [5, 5.41) is 3.51. The number of nitrogens with one attached hydrogen (secondary N) is 1. The lowest BCUT2D eigenvalue weighted by Crippen LogP contribution is -2.27. The monoisotopic (exact) mass is 318 g/mol.